The molecule has 4 amide bonds. The van der Waals surface area contributed by atoms with E-state index in [9.17, 15) is 10.2 Å². The highest BCUT2D eigenvalue weighted by Gasteiger charge is 2.49. The molecule has 2 N–H and O–H groups in total. The van der Waals surface area contributed by atoms with Gasteiger partial charge in [0, 0.05) is 44.9 Å². The zero-order valence-electron chi connectivity index (χ0n) is 65.4. The lowest BCUT2D eigenvalue weighted by Gasteiger charge is -2.41. The molecular weight excluding hydrogens is 1410 g/mol. The Morgan fingerprint density at radius 3 is 0.912 bits per heavy atom. The number of fused-ring (bicyclic) bond motifs is 14. The van der Waals surface area contributed by atoms with Crippen molar-refractivity contribution in [3.05, 3.63) is 259 Å². The van der Waals surface area contributed by atoms with E-state index in [1.807, 2.05) is 62.4 Å². The number of carbonyl (C=O) groups is 4. The molecular formula is C102H84N2O10. The molecule has 0 saturated heterocycles. The fourth-order valence-electron chi connectivity index (χ4n) is 20.3. The third-order valence-corrected chi connectivity index (χ3v) is 25.7. The number of anilines is 2. The lowest BCUT2D eigenvalue weighted by molar-refractivity contribution is -0.106. The van der Waals surface area contributed by atoms with Gasteiger partial charge in [0.15, 0.2) is 12.6 Å². The summed E-state index contributed by atoms with van der Waals surface area (Å²) in [6, 6.07) is 52.0. The number of aliphatic hydroxyl groups excluding tert-OH is 2. The number of nitrogens with zero attached hydrogens (tertiary/aromatic N) is 2. The van der Waals surface area contributed by atoms with Gasteiger partial charge in [-0.15, -0.1) is 0 Å². The van der Waals surface area contributed by atoms with Gasteiger partial charge in [0.25, 0.3) is 23.6 Å². The molecule has 114 heavy (non-hydrogen) atoms. The van der Waals surface area contributed by atoms with E-state index in [4.69, 9.17) is 18.9 Å². The molecule has 0 bridgehead atoms. The van der Waals surface area contributed by atoms with Crippen LogP contribution in [0, 0.1) is 11.8 Å². The van der Waals surface area contributed by atoms with Gasteiger partial charge in [-0.3, -0.25) is 19.2 Å². The van der Waals surface area contributed by atoms with Crippen LogP contribution in [0.1, 0.15) is 214 Å². The summed E-state index contributed by atoms with van der Waals surface area (Å²) in [6.07, 6.45) is 17.6. The second-order valence-corrected chi connectivity index (χ2v) is 33.4. The van der Waals surface area contributed by atoms with Crippen molar-refractivity contribution < 1.29 is 48.3 Å². The number of aliphatic hydroxyl groups is 2. The molecule has 2 atom stereocenters. The smallest absolute Gasteiger partial charge is 0.266 e. The maximum Gasteiger partial charge on any atom is 0.266 e. The Morgan fingerprint density at radius 2 is 0.588 bits per heavy atom. The quantitative estimate of drug-likeness (QED) is 0.0279. The Morgan fingerprint density at radius 1 is 0.316 bits per heavy atom. The number of amides is 4. The van der Waals surface area contributed by atoms with E-state index in [1.165, 1.54) is 87.0 Å². The van der Waals surface area contributed by atoms with Crippen LogP contribution in [0.4, 0.5) is 11.4 Å². The number of carbonyl (C=O) groups excluding carboxylic acids is 4. The van der Waals surface area contributed by atoms with E-state index in [-0.39, 0.29) is 85.6 Å². The average Bonchev–Trinajstić information content (AvgIpc) is 1.32. The largest absolute Gasteiger partial charge is 0.491 e. The van der Waals surface area contributed by atoms with Crippen LogP contribution in [-0.2, 0) is 9.47 Å². The molecule has 562 valence electrons. The highest BCUT2D eigenvalue weighted by Crippen LogP contribution is 2.64. The van der Waals surface area contributed by atoms with E-state index in [2.05, 4.69) is 201 Å². The lowest BCUT2D eigenvalue weighted by atomic mass is 9.62. The number of ether oxygens (including phenoxy) is 4. The molecule has 13 aromatic carbocycles. The molecule has 8 aliphatic rings. The zero-order valence-corrected chi connectivity index (χ0v) is 65.4. The molecule has 6 aliphatic carbocycles. The minimum Gasteiger partial charge on any atom is -0.491 e. The van der Waals surface area contributed by atoms with Gasteiger partial charge in [0.1, 0.15) is 24.7 Å². The molecule has 13 aromatic rings. The molecule has 0 fully saturated rings. The van der Waals surface area contributed by atoms with Gasteiger partial charge in [0.2, 0.25) is 0 Å². The van der Waals surface area contributed by atoms with Crippen LogP contribution in [0.25, 0.3) is 144 Å². The zero-order chi connectivity index (χ0) is 78.0. The Hall–Kier alpha value is -11.9. The van der Waals surface area contributed by atoms with Crippen LogP contribution >= 0.6 is 0 Å². The Labute approximate surface area is 660 Å². The fourth-order valence-corrected chi connectivity index (χ4v) is 20.3. The number of hydrogen-bond donors (Lipinski definition) is 2. The first-order valence-corrected chi connectivity index (χ1v) is 40.5. The summed E-state index contributed by atoms with van der Waals surface area (Å²) < 4.78 is 23.4. The summed E-state index contributed by atoms with van der Waals surface area (Å²) in [6.45, 7) is 21.2. The molecule has 2 heterocycles. The van der Waals surface area contributed by atoms with Crippen LogP contribution < -0.4 is 19.3 Å². The highest BCUT2D eigenvalue weighted by atomic mass is 16.6. The van der Waals surface area contributed by atoms with E-state index in [0.29, 0.717) is 68.7 Å². The second kappa shape index (κ2) is 25.8. The van der Waals surface area contributed by atoms with Crippen LogP contribution in [0.15, 0.2) is 170 Å². The predicted molar refractivity (Wildman–Crippen MR) is 461 cm³/mol. The van der Waals surface area contributed by atoms with E-state index >= 15 is 19.2 Å². The van der Waals surface area contributed by atoms with Crippen molar-refractivity contribution in [2.75, 3.05) is 36.2 Å². The first kappa shape index (κ1) is 70.0. The van der Waals surface area contributed by atoms with Gasteiger partial charge in [0.05, 0.1) is 24.6 Å². The summed E-state index contributed by atoms with van der Waals surface area (Å²) >= 11 is 0. The molecule has 21 rings (SSSR count). The van der Waals surface area contributed by atoms with Gasteiger partial charge in [-0.2, -0.15) is 0 Å². The average molecular weight is 1500 g/mol. The number of hydrogen-bond acceptors (Lipinski definition) is 10. The van der Waals surface area contributed by atoms with Crippen molar-refractivity contribution >= 4 is 157 Å². The third-order valence-electron chi connectivity index (χ3n) is 25.7. The van der Waals surface area contributed by atoms with Crippen LogP contribution in [0.2, 0.25) is 0 Å². The van der Waals surface area contributed by atoms with Crippen LogP contribution in [-0.4, -0.2) is 72.8 Å². The van der Waals surface area contributed by atoms with Gasteiger partial charge in [-0.25, -0.2) is 9.80 Å². The van der Waals surface area contributed by atoms with Crippen molar-refractivity contribution in [2.24, 2.45) is 11.8 Å². The Kier molecular flexibility index (Phi) is 15.9. The summed E-state index contributed by atoms with van der Waals surface area (Å²) in [7, 11) is 0. The van der Waals surface area contributed by atoms with Crippen molar-refractivity contribution in [2.45, 2.75) is 118 Å². The minimum atomic E-state index is -0.857. The standard InChI is InChI=1S/C102H84N2O10/c1-11-87(105)113-35-33-111-61-45-79(49(3)4)97(80(46-61)50(5)6)103-99(107)75-29-25-67-63-17-21-71-83-41-57-37-53-13-15-55-39-59-43-85-73-23-19-65-69-27-31-77-96-78(102(110)104(101(77)109)98-81(51(7)8)47-62(48-82(98)52(9)10)112-34-36-114-88(106)12-2)32-28-70(92(69)96)66-20-24-74(94(73)90(65)66)86(85)44-60(59)40-56(55)16-14-54(53)38-58(57)42-84(83)72-22-18-64(89(63)93(71)72)68-26-30-76(100(103)108)95(75)91(67)68/h13-32,37-52,87-89,93,105-106H,11-12,33-36H2,1-10H3. The molecule has 0 aromatic heterocycles. The normalized spacial score (nSPS) is 17.1. The Balaban J connectivity index is 0.586. The fraction of sp³-hybridized carbons (Fsp3) is 0.235. The topological polar surface area (TPSA) is 152 Å². The monoisotopic (exact) mass is 1500 g/mol. The number of benzene rings is 13. The molecule has 0 radical (unpaired) electrons. The first-order valence-electron chi connectivity index (χ1n) is 40.5. The van der Waals surface area contributed by atoms with Crippen LogP contribution in [0.5, 0.6) is 11.5 Å². The summed E-state index contributed by atoms with van der Waals surface area (Å²) in [5, 5.41) is 34.5. The van der Waals surface area contributed by atoms with E-state index in [0.717, 1.165) is 98.7 Å². The van der Waals surface area contributed by atoms with Crippen LogP contribution in [0.3, 0.4) is 0 Å². The predicted octanol–water partition coefficient (Wildman–Crippen LogP) is 23.4. The molecule has 12 heteroatoms. The molecule has 12 nitrogen and oxygen atoms in total. The van der Waals surface area contributed by atoms with Crippen molar-refractivity contribution in [3.8, 4) is 33.8 Å². The number of imide groups is 2. The lowest BCUT2D eigenvalue weighted by Crippen LogP contribution is -2.42. The molecule has 0 saturated carbocycles. The Bertz CT molecular complexity index is 6450. The van der Waals surface area contributed by atoms with Crippen molar-refractivity contribution in [1.29, 1.82) is 0 Å². The van der Waals surface area contributed by atoms with Gasteiger partial charge in [-0.1, -0.05) is 166 Å². The highest BCUT2D eigenvalue weighted by molar-refractivity contribution is 6.44. The van der Waals surface area contributed by atoms with Crippen molar-refractivity contribution in [3.63, 3.8) is 0 Å². The third kappa shape index (κ3) is 10.1. The van der Waals surface area contributed by atoms with Gasteiger partial charge < -0.3 is 29.2 Å². The first-order chi connectivity index (χ1) is 55.2. The van der Waals surface area contributed by atoms with Gasteiger partial charge in [-0.05, 0) is 310 Å². The SMILES string of the molecule is CCC(O)OCCOc1cc(C(C)C)c(N2C(=O)c3ccc4c5c(ccc(c35)C2=O)C2=CC=C3c5cc6cc7c(cc6cc5C5=CC=C4C2C53)C=Cc2cc3cc4c(cc3cc2C=C7)-c2ccc3c5ccc6c7c(ccc(c8ccc-4c2c83)c75)C(=O)N(c2c(C(C)C)cc(OCCOC(O)CC)cc2C(C)C)C6=O)c(C(C)C)c1. The van der Waals surface area contributed by atoms with E-state index in [1.54, 1.807) is 0 Å². The van der Waals surface area contributed by atoms with Crippen molar-refractivity contribution in [1.82, 2.24) is 0 Å². The summed E-state index contributed by atoms with van der Waals surface area (Å²) in [4.78, 5) is 64.2. The van der Waals surface area contributed by atoms with Gasteiger partial charge >= 0.3 is 0 Å². The maximum atomic E-state index is 15.3. The number of rotatable bonds is 18. The number of allylic oxidation sites excluding steroid dienone is 8. The molecule has 2 unspecified atom stereocenters. The molecule has 0 spiro atoms. The second-order valence-electron chi connectivity index (χ2n) is 33.4. The summed E-state index contributed by atoms with van der Waals surface area (Å²) in [5.74, 6) is -0.172. The van der Waals surface area contributed by atoms with E-state index < -0.39 is 12.6 Å². The molecule has 2 aliphatic heterocycles. The summed E-state index contributed by atoms with van der Waals surface area (Å²) in [5.41, 5.74) is 25.6. The minimum absolute atomic E-state index is 0.0431. The maximum absolute atomic E-state index is 15.3.